The van der Waals surface area contributed by atoms with Crippen LogP contribution >= 0.6 is 11.8 Å². The van der Waals surface area contributed by atoms with Gasteiger partial charge >= 0.3 is 5.97 Å². The molecule has 0 aliphatic rings. The number of benzene rings is 2. The highest BCUT2D eigenvalue weighted by Crippen LogP contribution is 2.26. The van der Waals surface area contributed by atoms with Crippen molar-refractivity contribution in [3.63, 3.8) is 0 Å². The Kier molecular flexibility index (Phi) is 7.52. The smallest absolute Gasteiger partial charge is 0.310 e. The Morgan fingerprint density at radius 1 is 1.15 bits per heavy atom. The number of nitriles is 1. The van der Waals surface area contributed by atoms with E-state index in [2.05, 4.69) is 5.32 Å². The van der Waals surface area contributed by atoms with Gasteiger partial charge in [0.05, 0.1) is 31.0 Å². The number of nitrogens with one attached hydrogen (secondary N) is 1. The van der Waals surface area contributed by atoms with Crippen molar-refractivity contribution in [2.45, 2.75) is 11.3 Å². The summed E-state index contributed by atoms with van der Waals surface area (Å²) in [6.07, 6.45) is 0.0197. The zero-order valence-corrected chi connectivity index (χ0v) is 15.0. The summed E-state index contributed by atoms with van der Waals surface area (Å²) in [6, 6.07) is 16.3. The first kappa shape index (κ1) is 19.3. The van der Waals surface area contributed by atoms with E-state index >= 15 is 0 Å². The van der Waals surface area contributed by atoms with E-state index in [4.69, 9.17) is 14.7 Å². The third-order valence-electron chi connectivity index (χ3n) is 3.34. The molecule has 0 radical (unpaired) electrons. The summed E-state index contributed by atoms with van der Waals surface area (Å²) in [5.41, 5.74) is 1.28. The fourth-order valence-electron chi connectivity index (χ4n) is 2.19. The highest BCUT2D eigenvalue weighted by Gasteiger charge is 2.12. The number of esters is 1. The lowest BCUT2D eigenvalue weighted by molar-refractivity contribution is -0.146. The van der Waals surface area contributed by atoms with Gasteiger partial charge < -0.3 is 14.8 Å². The number of methoxy groups -OCH3 is 1. The number of carbonyl (C=O) groups excluding carboxylic acids is 2. The van der Waals surface area contributed by atoms with E-state index in [0.29, 0.717) is 17.0 Å². The Balaban J connectivity index is 1.87. The van der Waals surface area contributed by atoms with Gasteiger partial charge in [-0.2, -0.15) is 5.26 Å². The second-order valence-electron chi connectivity index (χ2n) is 5.14. The number of nitrogens with zero attached hydrogens (tertiary/aromatic N) is 1. The maximum atomic E-state index is 12.0. The Bertz CT molecular complexity index is 817. The van der Waals surface area contributed by atoms with Crippen LogP contribution < -0.4 is 10.1 Å². The van der Waals surface area contributed by atoms with Crippen molar-refractivity contribution in [3.05, 3.63) is 54.1 Å². The average molecular weight is 370 g/mol. The highest BCUT2D eigenvalue weighted by molar-refractivity contribution is 7.99. The van der Waals surface area contributed by atoms with Crippen LogP contribution in [0.2, 0.25) is 0 Å². The van der Waals surface area contributed by atoms with E-state index in [1.807, 2.05) is 24.3 Å². The van der Waals surface area contributed by atoms with E-state index in [9.17, 15) is 9.59 Å². The molecular formula is C19H18N2O4S. The van der Waals surface area contributed by atoms with Gasteiger partial charge in [-0.3, -0.25) is 9.59 Å². The maximum absolute atomic E-state index is 12.0. The minimum Gasteiger partial charge on any atom is -0.496 e. The normalized spacial score (nSPS) is 9.85. The molecular weight excluding hydrogens is 352 g/mol. The lowest BCUT2D eigenvalue weighted by Gasteiger charge is -2.11. The van der Waals surface area contributed by atoms with E-state index in [1.165, 1.54) is 18.9 Å². The molecule has 0 atom stereocenters. The number of hydrogen-bond donors (Lipinski definition) is 1. The molecule has 0 fully saturated rings. The van der Waals surface area contributed by atoms with Gasteiger partial charge in [-0.25, -0.2) is 0 Å². The van der Waals surface area contributed by atoms with Crippen LogP contribution in [0.5, 0.6) is 5.75 Å². The number of thioether (sulfide) groups is 1. The molecule has 0 bridgehead atoms. The number of carbonyl (C=O) groups is 2. The van der Waals surface area contributed by atoms with Crippen molar-refractivity contribution in [3.8, 4) is 11.8 Å². The molecule has 0 saturated carbocycles. The lowest BCUT2D eigenvalue weighted by Crippen LogP contribution is -2.22. The van der Waals surface area contributed by atoms with Gasteiger partial charge in [0.1, 0.15) is 5.75 Å². The molecule has 0 aromatic heterocycles. The first-order valence-electron chi connectivity index (χ1n) is 7.80. The van der Waals surface area contributed by atoms with Crippen LogP contribution in [0, 0.1) is 11.3 Å². The van der Waals surface area contributed by atoms with Crippen molar-refractivity contribution in [2.24, 2.45) is 0 Å². The summed E-state index contributed by atoms with van der Waals surface area (Å²) in [7, 11) is 1.53. The molecule has 0 spiro atoms. The second kappa shape index (κ2) is 10.1. The maximum Gasteiger partial charge on any atom is 0.310 e. The third kappa shape index (κ3) is 5.83. The predicted octanol–water partition coefficient (Wildman–Crippen LogP) is 3.04. The molecule has 2 aromatic rings. The number of amides is 1. The molecule has 0 heterocycles. The van der Waals surface area contributed by atoms with Crippen LogP contribution in [0.15, 0.2) is 53.4 Å². The first-order valence-corrected chi connectivity index (χ1v) is 8.78. The standard InChI is InChI=1S/C19H18N2O4S/c1-24-16-8-4-2-6-14(16)12-19(23)25-13-18(22)21-15-7-3-5-9-17(15)26-11-10-20/h2-9H,11-13H2,1H3,(H,21,22). The molecule has 1 N–H and O–H groups in total. The van der Waals surface area contributed by atoms with E-state index in [0.717, 1.165) is 4.90 Å². The Morgan fingerprint density at radius 3 is 2.65 bits per heavy atom. The zero-order chi connectivity index (χ0) is 18.8. The lowest BCUT2D eigenvalue weighted by atomic mass is 10.1. The molecule has 0 aliphatic carbocycles. The van der Waals surface area contributed by atoms with Crippen molar-refractivity contribution < 1.29 is 19.1 Å². The number of rotatable bonds is 8. The van der Waals surface area contributed by atoms with Crippen molar-refractivity contribution in [1.29, 1.82) is 5.26 Å². The van der Waals surface area contributed by atoms with Gasteiger partial charge in [0, 0.05) is 10.5 Å². The number of ether oxygens (including phenoxy) is 2. The van der Waals surface area contributed by atoms with Crippen molar-refractivity contribution >= 4 is 29.3 Å². The molecule has 26 heavy (non-hydrogen) atoms. The van der Waals surface area contributed by atoms with Crippen molar-refractivity contribution in [2.75, 3.05) is 24.8 Å². The molecule has 1 amide bonds. The molecule has 134 valence electrons. The van der Waals surface area contributed by atoms with Gasteiger partial charge in [-0.05, 0) is 18.2 Å². The molecule has 0 saturated heterocycles. The zero-order valence-electron chi connectivity index (χ0n) is 14.2. The Morgan fingerprint density at radius 2 is 1.88 bits per heavy atom. The van der Waals surface area contributed by atoms with E-state index in [-0.39, 0.29) is 18.8 Å². The van der Waals surface area contributed by atoms with Crippen LogP contribution in [0.4, 0.5) is 5.69 Å². The fourth-order valence-corrected chi connectivity index (χ4v) is 2.86. The fraction of sp³-hybridized carbons (Fsp3) is 0.211. The van der Waals surface area contributed by atoms with E-state index < -0.39 is 11.9 Å². The number of hydrogen-bond acceptors (Lipinski definition) is 6. The third-order valence-corrected chi connectivity index (χ3v) is 4.29. The second-order valence-corrected chi connectivity index (χ2v) is 6.16. The van der Waals surface area contributed by atoms with E-state index in [1.54, 1.807) is 30.3 Å². The van der Waals surface area contributed by atoms with Gasteiger partial charge in [0.25, 0.3) is 5.91 Å². The molecule has 7 heteroatoms. The van der Waals surface area contributed by atoms with Crippen LogP contribution in [0.3, 0.4) is 0 Å². The SMILES string of the molecule is COc1ccccc1CC(=O)OCC(=O)Nc1ccccc1SCC#N. The summed E-state index contributed by atoms with van der Waals surface area (Å²) in [6.45, 7) is -0.384. The van der Waals surface area contributed by atoms with Crippen LogP contribution in [0.1, 0.15) is 5.56 Å². The summed E-state index contributed by atoms with van der Waals surface area (Å²) in [5.74, 6) is -0.0849. The summed E-state index contributed by atoms with van der Waals surface area (Å²) >= 11 is 1.32. The van der Waals surface area contributed by atoms with Gasteiger partial charge in [-0.1, -0.05) is 30.3 Å². The highest BCUT2D eigenvalue weighted by atomic mass is 32.2. The topological polar surface area (TPSA) is 88.4 Å². The molecule has 2 aromatic carbocycles. The molecule has 6 nitrogen and oxygen atoms in total. The number of para-hydroxylation sites is 2. The first-order chi connectivity index (χ1) is 12.6. The Labute approximate surface area is 156 Å². The summed E-state index contributed by atoms with van der Waals surface area (Å²) in [5, 5.41) is 11.4. The van der Waals surface area contributed by atoms with Gasteiger partial charge in [0.2, 0.25) is 0 Å². The monoisotopic (exact) mass is 370 g/mol. The minimum absolute atomic E-state index is 0.0197. The van der Waals surface area contributed by atoms with Crippen LogP contribution in [0.25, 0.3) is 0 Å². The van der Waals surface area contributed by atoms with Crippen LogP contribution in [-0.2, 0) is 20.7 Å². The molecule has 2 rings (SSSR count). The quantitative estimate of drug-likeness (QED) is 0.568. The summed E-state index contributed by atoms with van der Waals surface area (Å²) in [4.78, 5) is 24.8. The largest absolute Gasteiger partial charge is 0.496 e. The predicted molar refractivity (Wildman–Crippen MR) is 99.1 cm³/mol. The number of anilines is 1. The minimum atomic E-state index is -0.517. The van der Waals surface area contributed by atoms with Crippen LogP contribution in [-0.4, -0.2) is 31.3 Å². The van der Waals surface area contributed by atoms with Gasteiger partial charge in [-0.15, -0.1) is 11.8 Å². The summed E-state index contributed by atoms with van der Waals surface area (Å²) < 4.78 is 10.2. The van der Waals surface area contributed by atoms with Gasteiger partial charge in [0.15, 0.2) is 6.61 Å². The van der Waals surface area contributed by atoms with Crippen molar-refractivity contribution in [1.82, 2.24) is 0 Å². The molecule has 0 unspecified atom stereocenters. The molecule has 0 aliphatic heterocycles. The average Bonchev–Trinajstić information content (AvgIpc) is 2.66. The Hall–Kier alpha value is -2.98.